The molecule has 0 aliphatic carbocycles. The van der Waals surface area contributed by atoms with Crippen LogP contribution in [0.2, 0.25) is 0 Å². The van der Waals surface area contributed by atoms with Crippen molar-refractivity contribution in [2.45, 2.75) is 39.2 Å². The first kappa shape index (κ1) is 14.9. The van der Waals surface area contributed by atoms with Gasteiger partial charge in [0.05, 0.1) is 0 Å². The Kier molecular flexibility index (Phi) is 7.09. The number of ether oxygens (including phenoxy) is 1. The van der Waals surface area contributed by atoms with Gasteiger partial charge in [0, 0.05) is 26.3 Å². The van der Waals surface area contributed by atoms with Crippen molar-refractivity contribution in [3.63, 3.8) is 0 Å². The number of likely N-dealkylation sites (N-methyl/N-ethyl adjacent to an activating group) is 1. The highest BCUT2D eigenvalue weighted by molar-refractivity contribution is 4.79. The van der Waals surface area contributed by atoms with Gasteiger partial charge in [0.1, 0.15) is 0 Å². The SMILES string of the molecule is CCC(C)C(CN1CCC(COC)CC1)NC. The van der Waals surface area contributed by atoms with E-state index in [0.717, 1.165) is 18.4 Å². The Balaban J connectivity index is 2.28. The van der Waals surface area contributed by atoms with E-state index >= 15 is 0 Å². The van der Waals surface area contributed by atoms with Crippen molar-refractivity contribution in [3.05, 3.63) is 0 Å². The van der Waals surface area contributed by atoms with Crippen LogP contribution >= 0.6 is 0 Å². The lowest BCUT2D eigenvalue weighted by Crippen LogP contribution is -2.46. The van der Waals surface area contributed by atoms with Crippen molar-refractivity contribution in [2.75, 3.05) is 40.4 Å². The summed E-state index contributed by atoms with van der Waals surface area (Å²) in [5, 5.41) is 3.47. The van der Waals surface area contributed by atoms with Crippen LogP contribution in [0.4, 0.5) is 0 Å². The quantitative estimate of drug-likeness (QED) is 0.739. The zero-order chi connectivity index (χ0) is 12.7. The molecule has 2 unspecified atom stereocenters. The minimum Gasteiger partial charge on any atom is -0.384 e. The number of rotatable bonds is 7. The van der Waals surface area contributed by atoms with Gasteiger partial charge < -0.3 is 15.0 Å². The first-order chi connectivity index (χ1) is 8.21. The minimum atomic E-state index is 0.638. The molecule has 102 valence electrons. The van der Waals surface area contributed by atoms with Crippen LogP contribution in [0.3, 0.4) is 0 Å². The molecule has 17 heavy (non-hydrogen) atoms. The fraction of sp³-hybridized carbons (Fsp3) is 1.00. The third kappa shape index (κ3) is 4.94. The highest BCUT2D eigenvalue weighted by Crippen LogP contribution is 2.18. The van der Waals surface area contributed by atoms with Crippen molar-refractivity contribution >= 4 is 0 Å². The maximum atomic E-state index is 5.24. The molecule has 3 nitrogen and oxygen atoms in total. The van der Waals surface area contributed by atoms with Gasteiger partial charge >= 0.3 is 0 Å². The van der Waals surface area contributed by atoms with Gasteiger partial charge in [0.15, 0.2) is 0 Å². The van der Waals surface area contributed by atoms with Crippen molar-refractivity contribution in [3.8, 4) is 0 Å². The van der Waals surface area contributed by atoms with Gasteiger partial charge in [0.25, 0.3) is 0 Å². The molecule has 0 saturated carbocycles. The summed E-state index contributed by atoms with van der Waals surface area (Å²) < 4.78 is 5.24. The molecule has 1 saturated heterocycles. The van der Waals surface area contributed by atoms with E-state index in [1.165, 1.54) is 38.9 Å². The molecular weight excluding hydrogens is 212 g/mol. The van der Waals surface area contributed by atoms with Crippen LogP contribution in [0.1, 0.15) is 33.1 Å². The van der Waals surface area contributed by atoms with Crippen LogP contribution in [0, 0.1) is 11.8 Å². The summed E-state index contributed by atoms with van der Waals surface area (Å²) in [7, 11) is 3.90. The third-order valence-electron chi connectivity index (χ3n) is 4.27. The minimum absolute atomic E-state index is 0.638. The molecule has 0 aromatic rings. The molecule has 0 amide bonds. The molecule has 0 aromatic heterocycles. The molecule has 1 rings (SSSR count). The first-order valence-corrected chi connectivity index (χ1v) is 7.09. The lowest BCUT2D eigenvalue weighted by molar-refractivity contribution is 0.0920. The number of hydrogen-bond acceptors (Lipinski definition) is 3. The summed E-state index contributed by atoms with van der Waals surface area (Å²) in [5.74, 6) is 1.55. The lowest BCUT2D eigenvalue weighted by atomic mass is 9.95. The van der Waals surface area contributed by atoms with E-state index < -0.39 is 0 Å². The van der Waals surface area contributed by atoms with E-state index in [0.29, 0.717) is 6.04 Å². The van der Waals surface area contributed by atoms with E-state index in [1.54, 1.807) is 0 Å². The lowest BCUT2D eigenvalue weighted by Gasteiger charge is -2.35. The summed E-state index contributed by atoms with van der Waals surface area (Å²) in [4.78, 5) is 2.61. The number of hydrogen-bond donors (Lipinski definition) is 1. The van der Waals surface area contributed by atoms with Crippen LogP contribution in [0.15, 0.2) is 0 Å². The largest absolute Gasteiger partial charge is 0.384 e. The summed E-state index contributed by atoms with van der Waals surface area (Å²) >= 11 is 0. The van der Waals surface area contributed by atoms with E-state index in [1.807, 2.05) is 7.11 Å². The predicted octanol–water partition coefficient (Wildman–Crippen LogP) is 1.98. The maximum Gasteiger partial charge on any atom is 0.0491 e. The Hall–Kier alpha value is -0.120. The number of nitrogens with one attached hydrogen (secondary N) is 1. The average Bonchev–Trinajstić information content (AvgIpc) is 2.37. The van der Waals surface area contributed by atoms with E-state index in [9.17, 15) is 0 Å². The Morgan fingerprint density at radius 2 is 2.00 bits per heavy atom. The molecule has 1 heterocycles. The van der Waals surface area contributed by atoms with Crippen LogP contribution < -0.4 is 5.32 Å². The van der Waals surface area contributed by atoms with Gasteiger partial charge in [-0.1, -0.05) is 20.3 Å². The van der Waals surface area contributed by atoms with E-state index in [4.69, 9.17) is 4.74 Å². The second-order valence-corrected chi connectivity index (χ2v) is 5.48. The summed E-state index contributed by atoms with van der Waals surface area (Å²) in [6, 6.07) is 0.638. The fourth-order valence-electron chi connectivity index (χ4n) is 2.69. The predicted molar refractivity (Wildman–Crippen MR) is 73.3 cm³/mol. The van der Waals surface area contributed by atoms with Gasteiger partial charge in [-0.3, -0.25) is 0 Å². The molecule has 2 atom stereocenters. The molecular formula is C14H30N2O. The zero-order valence-corrected chi connectivity index (χ0v) is 12.0. The first-order valence-electron chi connectivity index (χ1n) is 7.09. The van der Waals surface area contributed by atoms with Crippen LogP contribution in [0.25, 0.3) is 0 Å². The summed E-state index contributed by atoms with van der Waals surface area (Å²) in [6.45, 7) is 9.24. The van der Waals surface area contributed by atoms with Crippen molar-refractivity contribution in [1.29, 1.82) is 0 Å². The van der Waals surface area contributed by atoms with E-state index in [2.05, 4.69) is 31.1 Å². The maximum absolute atomic E-state index is 5.24. The fourth-order valence-corrected chi connectivity index (χ4v) is 2.69. The molecule has 0 bridgehead atoms. The highest BCUT2D eigenvalue weighted by atomic mass is 16.5. The number of methoxy groups -OCH3 is 1. The normalized spacial score (nSPS) is 22.6. The molecule has 0 radical (unpaired) electrons. The highest BCUT2D eigenvalue weighted by Gasteiger charge is 2.22. The van der Waals surface area contributed by atoms with Crippen molar-refractivity contribution < 1.29 is 4.74 Å². The molecule has 1 fully saturated rings. The summed E-state index contributed by atoms with van der Waals surface area (Å²) in [6.07, 6.45) is 3.85. The average molecular weight is 242 g/mol. The summed E-state index contributed by atoms with van der Waals surface area (Å²) in [5.41, 5.74) is 0. The van der Waals surface area contributed by atoms with Crippen LogP contribution in [0.5, 0.6) is 0 Å². The number of piperidine rings is 1. The van der Waals surface area contributed by atoms with Gasteiger partial charge in [-0.25, -0.2) is 0 Å². The Bertz CT molecular complexity index is 191. The Labute approximate surface area is 107 Å². The van der Waals surface area contributed by atoms with Gasteiger partial charge in [0.2, 0.25) is 0 Å². The topological polar surface area (TPSA) is 24.5 Å². The zero-order valence-electron chi connectivity index (χ0n) is 12.0. The molecule has 0 spiro atoms. The number of likely N-dealkylation sites (tertiary alicyclic amines) is 1. The van der Waals surface area contributed by atoms with Crippen LogP contribution in [-0.4, -0.2) is 51.3 Å². The molecule has 1 aliphatic rings. The Morgan fingerprint density at radius 3 is 2.47 bits per heavy atom. The second kappa shape index (κ2) is 8.06. The monoisotopic (exact) mass is 242 g/mol. The van der Waals surface area contributed by atoms with Crippen molar-refractivity contribution in [1.82, 2.24) is 10.2 Å². The second-order valence-electron chi connectivity index (χ2n) is 5.48. The standard InChI is InChI=1S/C14H30N2O/c1-5-12(2)14(15-3)10-16-8-6-13(7-9-16)11-17-4/h12-15H,5-11H2,1-4H3. The molecule has 0 aromatic carbocycles. The van der Waals surface area contributed by atoms with Crippen LogP contribution in [-0.2, 0) is 4.74 Å². The molecule has 1 aliphatic heterocycles. The Morgan fingerprint density at radius 1 is 1.35 bits per heavy atom. The third-order valence-corrected chi connectivity index (χ3v) is 4.27. The number of nitrogens with zero attached hydrogens (tertiary/aromatic N) is 1. The van der Waals surface area contributed by atoms with Gasteiger partial charge in [-0.15, -0.1) is 0 Å². The van der Waals surface area contributed by atoms with E-state index in [-0.39, 0.29) is 0 Å². The smallest absolute Gasteiger partial charge is 0.0491 e. The molecule has 3 heteroatoms. The van der Waals surface area contributed by atoms with Crippen molar-refractivity contribution in [2.24, 2.45) is 11.8 Å². The molecule has 1 N–H and O–H groups in total. The van der Waals surface area contributed by atoms with Gasteiger partial charge in [-0.2, -0.15) is 0 Å². The van der Waals surface area contributed by atoms with Gasteiger partial charge in [-0.05, 0) is 44.8 Å².